The summed E-state index contributed by atoms with van der Waals surface area (Å²) in [7, 11) is 0. The Hall–Kier alpha value is -1.02. The zero-order valence-corrected chi connectivity index (χ0v) is 12.5. The van der Waals surface area contributed by atoms with Crippen LogP contribution in [-0.2, 0) is 0 Å². The molecule has 0 amide bonds. The second-order valence-corrected chi connectivity index (χ2v) is 5.70. The SMILES string of the molecule is Cc1ccc(OCCCCCN2CCCC2)cc1C. The molecular formula is C17H27NO. The van der Waals surface area contributed by atoms with Crippen LogP contribution in [0.2, 0.25) is 0 Å². The van der Waals surface area contributed by atoms with Crippen LogP contribution in [-0.4, -0.2) is 31.1 Å². The molecule has 1 aromatic carbocycles. The van der Waals surface area contributed by atoms with Crippen LogP contribution in [0.3, 0.4) is 0 Å². The van der Waals surface area contributed by atoms with Crippen molar-refractivity contribution >= 4 is 0 Å². The van der Waals surface area contributed by atoms with Gasteiger partial charge in [0, 0.05) is 0 Å². The van der Waals surface area contributed by atoms with Crippen LogP contribution >= 0.6 is 0 Å². The molecule has 2 nitrogen and oxygen atoms in total. The van der Waals surface area contributed by atoms with Gasteiger partial charge < -0.3 is 9.64 Å². The summed E-state index contributed by atoms with van der Waals surface area (Å²) in [5.74, 6) is 1.02. The molecule has 1 aliphatic rings. The van der Waals surface area contributed by atoms with Crippen molar-refractivity contribution in [3.05, 3.63) is 29.3 Å². The molecule has 2 rings (SSSR count). The van der Waals surface area contributed by atoms with E-state index in [0.29, 0.717) is 0 Å². The molecule has 1 saturated heterocycles. The fraction of sp³-hybridized carbons (Fsp3) is 0.647. The van der Waals surface area contributed by atoms with Crippen molar-refractivity contribution in [1.82, 2.24) is 4.90 Å². The van der Waals surface area contributed by atoms with Gasteiger partial charge in [0.1, 0.15) is 5.75 Å². The highest BCUT2D eigenvalue weighted by Crippen LogP contribution is 2.17. The number of ether oxygens (including phenoxy) is 1. The van der Waals surface area contributed by atoms with Gasteiger partial charge in [-0.2, -0.15) is 0 Å². The third kappa shape index (κ3) is 4.87. The van der Waals surface area contributed by atoms with Crippen molar-refractivity contribution in [2.45, 2.75) is 46.0 Å². The summed E-state index contributed by atoms with van der Waals surface area (Å²) in [6.45, 7) is 9.04. The molecule has 1 fully saturated rings. The molecule has 0 N–H and O–H groups in total. The first kappa shape index (κ1) is 14.4. The predicted molar refractivity (Wildman–Crippen MR) is 80.9 cm³/mol. The number of hydrogen-bond acceptors (Lipinski definition) is 2. The number of unbranched alkanes of at least 4 members (excludes halogenated alkanes) is 2. The molecular weight excluding hydrogens is 234 g/mol. The van der Waals surface area contributed by atoms with E-state index in [-0.39, 0.29) is 0 Å². The first-order chi connectivity index (χ1) is 9.25. The maximum Gasteiger partial charge on any atom is 0.119 e. The summed E-state index contributed by atoms with van der Waals surface area (Å²) in [6, 6.07) is 6.35. The van der Waals surface area contributed by atoms with Crippen molar-refractivity contribution < 1.29 is 4.74 Å². The molecule has 1 heterocycles. The van der Waals surface area contributed by atoms with Gasteiger partial charge in [-0.05, 0) is 88.8 Å². The Balaban J connectivity index is 1.54. The molecule has 0 spiro atoms. The van der Waals surface area contributed by atoms with Crippen molar-refractivity contribution in [2.75, 3.05) is 26.2 Å². The number of likely N-dealkylation sites (tertiary alicyclic amines) is 1. The second kappa shape index (κ2) is 7.54. The molecule has 0 radical (unpaired) electrons. The monoisotopic (exact) mass is 261 g/mol. The third-order valence-corrected chi connectivity index (χ3v) is 4.06. The molecule has 19 heavy (non-hydrogen) atoms. The average Bonchev–Trinajstić information content (AvgIpc) is 2.91. The smallest absolute Gasteiger partial charge is 0.119 e. The summed E-state index contributed by atoms with van der Waals surface area (Å²) < 4.78 is 5.80. The van der Waals surface area contributed by atoms with Crippen molar-refractivity contribution in [1.29, 1.82) is 0 Å². The van der Waals surface area contributed by atoms with E-state index in [9.17, 15) is 0 Å². The van der Waals surface area contributed by atoms with Gasteiger partial charge in [-0.3, -0.25) is 0 Å². The molecule has 0 atom stereocenters. The van der Waals surface area contributed by atoms with Crippen LogP contribution in [0.1, 0.15) is 43.2 Å². The Morgan fingerprint density at radius 2 is 1.79 bits per heavy atom. The van der Waals surface area contributed by atoms with Crippen LogP contribution in [0.5, 0.6) is 5.75 Å². The van der Waals surface area contributed by atoms with E-state index in [0.717, 1.165) is 12.4 Å². The summed E-state index contributed by atoms with van der Waals surface area (Å²) in [5, 5.41) is 0. The minimum atomic E-state index is 0.850. The molecule has 0 aromatic heterocycles. The van der Waals surface area contributed by atoms with Crippen LogP contribution < -0.4 is 4.74 Å². The lowest BCUT2D eigenvalue weighted by Crippen LogP contribution is -2.20. The highest BCUT2D eigenvalue weighted by Gasteiger charge is 2.09. The van der Waals surface area contributed by atoms with E-state index >= 15 is 0 Å². The molecule has 0 bridgehead atoms. The minimum absolute atomic E-state index is 0.850. The lowest BCUT2D eigenvalue weighted by molar-refractivity contribution is 0.290. The number of aryl methyl sites for hydroxylation is 2. The summed E-state index contributed by atoms with van der Waals surface area (Å²) >= 11 is 0. The van der Waals surface area contributed by atoms with Gasteiger partial charge in [0.2, 0.25) is 0 Å². The summed E-state index contributed by atoms with van der Waals surface area (Å²) in [5.41, 5.74) is 2.64. The van der Waals surface area contributed by atoms with Gasteiger partial charge in [0.15, 0.2) is 0 Å². The van der Waals surface area contributed by atoms with Crippen LogP contribution in [0.25, 0.3) is 0 Å². The van der Waals surface area contributed by atoms with E-state index in [1.807, 2.05) is 0 Å². The predicted octanol–water partition coefficient (Wildman–Crippen LogP) is 3.95. The fourth-order valence-electron chi connectivity index (χ4n) is 2.61. The second-order valence-electron chi connectivity index (χ2n) is 5.70. The van der Waals surface area contributed by atoms with E-state index in [2.05, 4.69) is 36.9 Å². The molecule has 106 valence electrons. The van der Waals surface area contributed by atoms with Gasteiger partial charge in [0.25, 0.3) is 0 Å². The van der Waals surface area contributed by atoms with Gasteiger partial charge >= 0.3 is 0 Å². The minimum Gasteiger partial charge on any atom is -0.494 e. The van der Waals surface area contributed by atoms with E-state index < -0.39 is 0 Å². The molecule has 1 aliphatic heterocycles. The Morgan fingerprint density at radius 3 is 2.53 bits per heavy atom. The topological polar surface area (TPSA) is 12.5 Å². The average molecular weight is 261 g/mol. The highest BCUT2D eigenvalue weighted by molar-refractivity contribution is 5.33. The van der Waals surface area contributed by atoms with Crippen molar-refractivity contribution in [2.24, 2.45) is 0 Å². The number of rotatable bonds is 7. The third-order valence-electron chi connectivity index (χ3n) is 4.06. The van der Waals surface area contributed by atoms with Crippen molar-refractivity contribution in [3.8, 4) is 5.75 Å². The summed E-state index contributed by atoms with van der Waals surface area (Å²) in [4.78, 5) is 2.59. The normalized spacial score (nSPS) is 15.9. The molecule has 0 unspecified atom stereocenters. The van der Waals surface area contributed by atoms with Crippen LogP contribution in [0, 0.1) is 13.8 Å². The highest BCUT2D eigenvalue weighted by atomic mass is 16.5. The quantitative estimate of drug-likeness (QED) is 0.689. The zero-order chi connectivity index (χ0) is 13.5. The first-order valence-corrected chi connectivity index (χ1v) is 7.68. The Bertz CT molecular complexity index is 383. The van der Waals surface area contributed by atoms with Crippen molar-refractivity contribution in [3.63, 3.8) is 0 Å². The lowest BCUT2D eigenvalue weighted by Gasteiger charge is -2.14. The van der Waals surface area contributed by atoms with E-state index in [1.54, 1.807) is 0 Å². The van der Waals surface area contributed by atoms with Crippen LogP contribution in [0.4, 0.5) is 0 Å². The number of hydrogen-bond donors (Lipinski definition) is 0. The Labute approximate surface area is 117 Å². The van der Waals surface area contributed by atoms with Gasteiger partial charge in [-0.25, -0.2) is 0 Å². The lowest BCUT2D eigenvalue weighted by atomic mass is 10.1. The number of benzene rings is 1. The van der Waals surface area contributed by atoms with E-state index in [1.165, 1.54) is 62.9 Å². The largest absolute Gasteiger partial charge is 0.494 e. The maximum absolute atomic E-state index is 5.80. The fourth-order valence-corrected chi connectivity index (χ4v) is 2.61. The standard InChI is InChI=1S/C17H27NO/c1-15-8-9-17(14-16(15)2)19-13-7-3-4-10-18-11-5-6-12-18/h8-9,14H,3-7,10-13H2,1-2H3. The van der Waals surface area contributed by atoms with Gasteiger partial charge in [0.05, 0.1) is 6.61 Å². The van der Waals surface area contributed by atoms with Crippen LogP contribution in [0.15, 0.2) is 18.2 Å². The molecule has 2 heteroatoms. The Kier molecular flexibility index (Phi) is 5.71. The molecule has 0 aliphatic carbocycles. The molecule has 1 aromatic rings. The van der Waals surface area contributed by atoms with Gasteiger partial charge in [-0.1, -0.05) is 6.07 Å². The Morgan fingerprint density at radius 1 is 1.00 bits per heavy atom. The molecule has 0 saturated carbocycles. The first-order valence-electron chi connectivity index (χ1n) is 7.68. The maximum atomic E-state index is 5.80. The number of nitrogens with zero attached hydrogens (tertiary/aromatic N) is 1. The van der Waals surface area contributed by atoms with E-state index in [4.69, 9.17) is 4.74 Å². The summed E-state index contributed by atoms with van der Waals surface area (Å²) in [6.07, 6.45) is 6.56. The van der Waals surface area contributed by atoms with Gasteiger partial charge in [-0.15, -0.1) is 0 Å². The zero-order valence-electron chi connectivity index (χ0n) is 12.5.